The van der Waals surface area contributed by atoms with Crippen LogP contribution in [0, 0.1) is 21.4 Å². The number of hydrogen-bond donors (Lipinski definition) is 0. The number of ether oxygens (including phenoxy) is 1. The third-order valence-corrected chi connectivity index (χ3v) is 4.50. The molecule has 0 aliphatic carbocycles. The average Bonchev–Trinajstić information content (AvgIpc) is 2.66. The zero-order valence-corrected chi connectivity index (χ0v) is 14.8. The van der Waals surface area contributed by atoms with Crippen molar-refractivity contribution < 1.29 is 9.66 Å². The summed E-state index contributed by atoms with van der Waals surface area (Å²) in [4.78, 5) is 15.0. The van der Waals surface area contributed by atoms with Crippen molar-refractivity contribution in [3.63, 3.8) is 0 Å². The van der Waals surface area contributed by atoms with Gasteiger partial charge in [-0.2, -0.15) is 5.26 Å². The van der Waals surface area contributed by atoms with Gasteiger partial charge in [0.05, 0.1) is 35.3 Å². The van der Waals surface area contributed by atoms with Crippen molar-refractivity contribution in [2.75, 3.05) is 36.5 Å². The second-order valence-corrected chi connectivity index (χ2v) is 6.20. The van der Waals surface area contributed by atoms with E-state index < -0.39 is 4.92 Å². The smallest absolute Gasteiger partial charge is 0.293 e. The Balaban J connectivity index is 1.82. The molecule has 0 spiro atoms. The Bertz CT molecular complexity index is 862. The maximum atomic E-state index is 11.4. The number of fused-ring (bicyclic) bond motifs is 1. The Labute approximate surface area is 152 Å². The normalized spacial score (nSPS) is 15.6. The molecule has 3 rings (SSSR count). The van der Waals surface area contributed by atoms with E-state index in [1.54, 1.807) is 19.2 Å². The highest BCUT2D eigenvalue weighted by Gasteiger charge is 2.27. The van der Waals surface area contributed by atoms with Crippen LogP contribution in [0.3, 0.4) is 0 Å². The first-order chi connectivity index (χ1) is 12.5. The SMILES string of the molecule is CCN1C[C@H](CN(C)c2ccc(C#N)cc2[N+](=O)[O-])Oc2ccccc21. The zero-order valence-electron chi connectivity index (χ0n) is 14.8. The van der Waals surface area contributed by atoms with E-state index in [4.69, 9.17) is 10.00 Å². The molecule has 26 heavy (non-hydrogen) atoms. The number of benzene rings is 2. The first-order valence-corrected chi connectivity index (χ1v) is 8.43. The topological polar surface area (TPSA) is 82.6 Å². The van der Waals surface area contributed by atoms with E-state index in [0.29, 0.717) is 18.8 Å². The molecule has 0 bridgehead atoms. The fourth-order valence-electron chi connectivity index (χ4n) is 3.24. The van der Waals surface area contributed by atoms with Crippen LogP contribution in [0.2, 0.25) is 0 Å². The molecule has 1 atom stereocenters. The van der Waals surface area contributed by atoms with E-state index in [1.165, 1.54) is 6.07 Å². The molecule has 0 fully saturated rings. The maximum absolute atomic E-state index is 11.4. The molecule has 1 aliphatic heterocycles. The molecule has 0 radical (unpaired) electrons. The highest BCUT2D eigenvalue weighted by atomic mass is 16.6. The molecule has 7 nitrogen and oxygen atoms in total. The predicted octanol–water partition coefficient (Wildman–Crippen LogP) is 3.19. The maximum Gasteiger partial charge on any atom is 0.293 e. The summed E-state index contributed by atoms with van der Waals surface area (Å²) in [6, 6.07) is 14.3. The highest BCUT2D eigenvalue weighted by molar-refractivity contribution is 5.66. The molecule has 1 heterocycles. The van der Waals surface area contributed by atoms with Crippen LogP contribution in [0.25, 0.3) is 0 Å². The Morgan fingerprint density at radius 2 is 2.15 bits per heavy atom. The molecule has 2 aromatic rings. The number of nitro benzene ring substituents is 1. The molecule has 134 valence electrons. The van der Waals surface area contributed by atoms with Gasteiger partial charge in [-0.25, -0.2) is 0 Å². The standard InChI is InChI=1S/C19H20N4O3/c1-3-22-13-15(26-19-7-5-4-6-17(19)22)12-21(2)16-9-8-14(11-20)10-18(16)23(24)25/h4-10,15H,3,12-13H2,1-2H3/t15-/m0/s1. The van der Waals surface area contributed by atoms with E-state index in [9.17, 15) is 10.1 Å². The number of para-hydroxylation sites is 2. The van der Waals surface area contributed by atoms with Crippen molar-refractivity contribution in [2.45, 2.75) is 13.0 Å². The van der Waals surface area contributed by atoms with E-state index in [1.807, 2.05) is 35.2 Å². The number of likely N-dealkylation sites (N-methyl/N-ethyl adjacent to an activating group) is 2. The number of nitriles is 1. The van der Waals surface area contributed by atoms with Crippen LogP contribution < -0.4 is 14.5 Å². The number of nitro groups is 1. The van der Waals surface area contributed by atoms with Crippen LogP contribution in [0.4, 0.5) is 17.1 Å². The summed E-state index contributed by atoms with van der Waals surface area (Å²) in [7, 11) is 1.80. The third-order valence-electron chi connectivity index (χ3n) is 4.50. The lowest BCUT2D eigenvalue weighted by Crippen LogP contribution is -2.45. The van der Waals surface area contributed by atoms with Gasteiger partial charge in [0.25, 0.3) is 5.69 Å². The summed E-state index contributed by atoms with van der Waals surface area (Å²) in [5.74, 6) is 0.827. The van der Waals surface area contributed by atoms with Crippen molar-refractivity contribution in [3.05, 3.63) is 58.1 Å². The minimum absolute atomic E-state index is 0.0740. The highest BCUT2D eigenvalue weighted by Crippen LogP contribution is 2.34. The lowest BCUT2D eigenvalue weighted by molar-refractivity contribution is -0.384. The van der Waals surface area contributed by atoms with Gasteiger partial charge in [-0.3, -0.25) is 10.1 Å². The van der Waals surface area contributed by atoms with E-state index in [0.717, 1.165) is 18.0 Å². The molecule has 0 amide bonds. The molecule has 1 aliphatic rings. The second kappa shape index (κ2) is 7.31. The second-order valence-electron chi connectivity index (χ2n) is 6.20. The van der Waals surface area contributed by atoms with Crippen molar-refractivity contribution >= 4 is 17.1 Å². The molecule has 0 unspecified atom stereocenters. The number of anilines is 2. The van der Waals surface area contributed by atoms with Crippen LogP contribution >= 0.6 is 0 Å². The van der Waals surface area contributed by atoms with Gasteiger partial charge in [-0.15, -0.1) is 0 Å². The number of rotatable bonds is 5. The van der Waals surface area contributed by atoms with E-state index in [2.05, 4.69) is 11.8 Å². The Morgan fingerprint density at radius 1 is 1.38 bits per heavy atom. The third kappa shape index (κ3) is 3.40. The summed E-state index contributed by atoms with van der Waals surface area (Å²) >= 11 is 0. The van der Waals surface area contributed by atoms with Crippen LogP contribution in [0.5, 0.6) is 5.75 Å². The number of hydrogen-bond acceptors (Lipinski definition) is 6. The molecular formula is C19H20N4O3. The van der Waals surface area contributed by atoms with Crippen molar-refractivity contribution in [1.29, 1.82) is 5.26 Å². The van der Waals surface area contributed by atoms with Crippen LogP contribution in [-0.2, 0) is 0 Å². The van der Waals surface area contributed by atoms with Gasteiger partial charge in [-0.05, 0) is 31.2 Å². The quantitative estimate of drug-likeness (QED) is 0.607. The van der Waals surface area contributed by atoms with Crippen molar-refractivity contribution in [1.82, 2.24) is 0 Å². The average molecular weight is 352 g/mol. The summed E-state index contributed by atoms with van der Waals surface area (Å²) < 4.78 is 6.10. The van der Waals surface area contributed by atoms with Gasteiger partial charge in [0.1, 0.15) is 17.5 Å². The van der Waals surface area contributed by atoms with Crippen LogP contribution in [-0.4, -0.2) is 37.7 Å². The van der Waals surface area contributed by atoms with Gasteiger partial charge >= 0.3 is 0 Å². The predicted molar refractivity (Wildman–Crippen MR) is 99.8 cm³/mol. The first kappa shape index (κ1) is 17.5. The Morgan fingerprint density at radius 3 is 2.85 bits per heavy atom. The van der Waals surface area contributed by atoms with Crippen LogP contribution in [0.15, 0.2) is 42.5 Å². The lowest BCUT2D eigenvalue weighted by Gasteiger charge is -2.37. The molecule has 0 saturated carbocycles. The van der Waals surface area contributed by atoms with Gasteiger partial charge in [0.15, 0.2) is 0 Å². The molecule has 0 aromatic heterocycles. The first-order valence-electron chi connectivity index (χ1n) is 8.43. The summed E-state index contributed by atoms with van der Waals surface area (Å²) in [6.45, 7) is 4.16. The molecule has 2 aromatic carbocycles. The lowest BCUT2D eigenvalue weighted by atomic mass is 10.1. The van der Waals surface area contributed by atoms with Gasteiger partial charge in [0.2, 0.25) is 0 Å². The van der Waals surface area contributed by atoms with Gasteiger partial charge in [0, 0.05) is 19.7 Å². The zero-order chi connectivity index (χ0) is 18.7. The van der Waals surface area contributed by atoms with Gasteiger partial charge in [-0.1, -0.05) is 12.1 Å². The summed E-state index contributed by atoms with van der Waals surface area (Å²) in [6.07, 6.45) is -0.120. The van der Waals surface area contributed by atoms with Crippen molar-refractivity contribution in [3.8, 4) is 11.8 Å². The fourth-order valence-corrected chi connectivity index (χ4v) is 3.24. The summed E-state index contributed by atoms with van der Waals surface area (Å²) in [5.41, 5.74) is 1.74. The Kier molecular flexibility index (Phi) is 4.94. The number of nitrogens with zero attached hydrogens (tertiary/aromatic N) is 4. The molecule has 7 heteroatoms. The summed E-state index contributed by atoms with van der Waals surface area (Å²) in [5, 5.41) is 20.4. The monoisotopic (exact) mass is 352 g/mol. The fraction of sp³-hybridized carbons (Fsp3) is 0.316. The minimum atomic E-state index is -0.456. The largest absolute Gasteiger partial charge is 0.485 e. The molecule has 0 N–H and O–H groups in total. The van der Waals surface area contributed by atoms with Gasteiger partial charge < -0.3 is 14.5 Å². The van der Waals surface area contributed by atoms with E-state index in [-0.39, 0.29) is 17.4 Å². The molecule has 0 saturated heterocycles. The van der Waals surface area contributed by atoms with Crippen LogP contribution in [0.1, 0.15) is 12.5 Å². The van der Waals surface area contributed by atoms with Crippen molar-refractivity contribution in [2.24, 2.45) is 0 Å². The minimum Gasteiger partial charge on any atom is -0.485 e. The van der Waals surface area contributed by atoms with E-state index >= 15 is 0 Å². The molecular weight excluding hydrogens is 332 g/mol. The Hall–Kier alpha value is -3.27.